The molecule has 61 valence electrons. The summed E-state index contributed by atoms with van der Waals surface area (Å²) in [6, 6.07) is 3.77. The molecular weight excluding hydrogens is 195 g/mol. The number of benzene rings is 1. The Balaban J connectivity index is 2.93. The molecule has 0 bridgehead atoms. The van der Waals surface area contributed by atoms with E-state index in [0.717, 1.165) is 11.1 Å². The predicted molar refractivity (Wildman–Crippen MR) is 49.6 cm³/mol. The van der Waals surface area contributed by atoms with Gasteiger partial charge in [-0.05, 0) is 18.6 Å². The highest BCUT2D eigenvalue weighted by atomic mass is 35.5. The van der Waals surface area contributed by atoms with Crippen LogP contribution < -0.4 is 0 Å². The van der Waals surface area contributed by atoms with Crippen molar-refractivity contribution in [1.29, 1.82) is 0 Å². The van der Waals surface area contributed by atoms with Crippen LogP contribution in [0.1, 0.15) is 5.56 Å². The number of rotatable bonds is 0. The van der Waals surface area contributed by atoms with E-state index >= 15 is 0 Å². The van der Waals surface area contributed by atoms with E-state index in [9.17, 15) is 0 Å². The van der Waals surface area contributed by atoms with Crippen molar-refractivity contribution in [3.8, 4) is 0 Å². The van der Waals surface area contributed by atoms with Crippen LogP contribution in [0.25, 0.3) is 11.0 Å². The minimum atomic E-state index is 0.642. The Bertz CT molecular complexity index is 434. The summed E-state index contributed by atoms with van der Waals surface area (Å²) in [5.41, 5.74) is 2.48. The molecule has 12 heavy (non-hydrogen) atoms. The minimum Gasteiger partial charge on any atom is -0.231 e. The Labute approximate surface area is 79.8 Å². The van der Waals surface area contributed by atoms with Crippen LogP contribution in [-0.4, -0.2) is 9.07 Å². The molecule has 0 atom stereocenters. The second kappa shape index (κ2) is 2.64. The van der Waals surface area contributed by atoms with Crippen molar-refractivity contribution in [2.75, 3.05) is 0 Å². The molecule has 2 rings (SSSR count). The Morgan fingerprint density at radius 3 is 3.00 bits per heavy atom. The van der Waals surface area contributed by atoms with E-state index in [4.69, 9.17) is 23.4 Å². The second-order valence-corrected chi connectivity index (χ2v) is 3.27. The van der Waals surface area contributed by atoms with Gasteiger partial charge in [0, 0.05) is 11.8 Å². The lowest BCUT2D eigenvalue weighted by Crippen LogP contribution is -1.79. The second-order valence-electron chi connectivity index (χ2n) is 2.56. The third-order valence-electron chi connectivity index (χ3n) is 1.75. The summed E-state index contributed by atoms with van der Waals surface area (Å²) in [5.74, 6) is 0. The van der Waals surface area contributed by atoms with Crippen LogP contribution in [0.2, 0.25) is 5.02 Å². The molecule has 0 saturated carbocycles. The molecule has 2 nitrogen and oxygen atoms in total. The van der Waals surface area contributed by atoms with Crippen LogP contribution in [0.5, 0.6) is 0 Å². The highest BCUT2D eigenvalue weighted by Gasteiger charge is 2.06. The van der Waals surface area contributed by atoms with Gasteiger partial charge in [-0.3, -0.25) is 0 Å². The van der Waals surface area contributed by atoms with Gasteiger partial charge >= 0.3 is 0 Å². The molecule has 0 aliphatic heterocycles. The summed E-state index contributed by atoms with van der Waals surface area (Å²) < 4.78 is 1.31. The van der Waals surface area contributed by atoms with Crippen LogP contribution in [0.3, 0.4) is 0 Å². The largest absolute Gasteiger partial charge is 0.231 e. The molecule has 0 N–H and O–H groups in total. The van der Waals surface area contributed by atoms with Gasteiger partial charge in [0.15, 0.2) is 6.33 Å². The van der Waals surface area contributed by atoms with Gasteiger partial charge in [-0.1, -0.05) is 17.7 Å². The Morgan fingerprint density at radius 1 is 1.50 bits per heavy atom. The van der Waals surface area contributed by atoms with E-state index in [-0.39, 0.29) is 0 Å². The summed E-state index contributed by atoms with van der Waals surface area (Å²) in [6.07, 6.45) is 2.59. The first-order valence-corrected chi connectivity index (χ1v) is 4.13. The van der Waals surface area contributed by atoms with E-state index < -0.39 is 0 Å². The van der Waals surface area contributed by atoms with Gasteiger partial charge in [-0.25, -0.2) is 9.07 Å². The molecule has 0 aliphatic carbocycles. The molecule has 1 heterocycles. The number of nitrogens with zero attached hydrogens (tertiary/aromatic N) is 2. The Hall–Kier alpha value is -0.730. The number of hydrogen-bond donors (Lipinski definition) is 0. The molecular formula is C8H5Cl2N2. The van der Waals surface area contributed by atoms with Gasteiger partial charge in [0.1, 0.15) is 5.52 Å². The van der Waals surface area contributed by atoms with Gasteiger partial charge in [-0.15, -0.1) is 0 Å². The van der Waals surface area contributed by atoms with Crippen LogP contribution >= 0.6 is 23.4 Å². The van der Waals surface area contributed by atoms with Gasteiger partial charge in [-0.2, -0.15) is 0 Å². The normalized spacial score (nSPS) is 10.9. The molecule has 0 spiro atoms. The van der Waals surface area contributed by atoms with Crippen molar-refractivity contribution in [2.24, 2.45) is 0 Å². The Kier molecular flexibility index (Phi) is 1.74. The third-order valence-corrected chi connectivity index (χ3v) is 2.48. The fraction of sp³-hybridized carbons (Fsp3) is 0.125. The number of aromatic nitrogens is 2. The smallest absolute Gasteiger partial charge is 0.193 e. The lowest BCUT2D eigenvalue weighted by molar-refractivity contribution is 1.23. The van der Waals surface area contributed by atoms with Gasteiger partial charge in [0.05, 0.1) is 10.5 Å². The lowest BCUT2D eigenvalue weighted by Gasteiger charge is -1.97. The maximum atomic E-state index is 5.98. The summed E-state index contributed by atoms with van der Waals surface area (Å²) in [4.78, 5) is 3.95. The molecule has 1 aromatic carbocycles. The lowest BCUT2D eigenvalue weighted by atomic mass is 10.2. The summed E-state index contributed by atoms with van der Waals surface area (Å²) in [7, 11) is 0. The number of imidazole rings is 1. The van der Waals surface area contributed by atoms with Crippen LogP contribution in [0.15, 0.2) is 12.1 Å². The van der Waals surface area contributed by atoms with Crippen LogP contribution in [-0.2, 0) is 0 Å². The topological polar surface area (TPSA) is 17.8 Å². The minimum absolute atomic E-state index is 0.642. The predicted octanol–water partition coefficient (Wildman–Crippen LogP) is 2.80. The maximum Gasteiger partial charge on any atom is 0.193 e. The summed E-state index contributed by atoms with van der Waals surface area (Å²) in [5, 5.41) is 0.642. The zero-order valence-electron chi connectivity index (χ0n) is 6.31. The highest BCUT2D eigenvalue weighted by Crippen LogP contribution is 2.25. The first-order chi connectivity index (χ1) is 5.70. The fourth-order valence-electron chi connectivity index (χ4n) is 1.07. The average molecular weight is 200 g/mol. The van der Waals surface area contributed by atoms with Gasteiger partial charge < -0.3 is 0 Å². The van der Waals surface area contributed by atoms with Gasteiger partial charge in [0.25, 0.3) is 0 Å². The molecule has 2 aromatic rings. The van der Waals surface area contributed by atoms with Gasteiger partial charge in [0.2, 0.25) is 0 Å². The summed E-state index contributed by atoms with van der Waals surface area (Å²) >= 11 is 11.7. The average Bonchev–Trinajstić information content (AvgIpc) is 2.41. The van der Waals surface area contributed by atoms with Crippen LogP contribution in [0.4, 0.5) is 0 Å². The maximum absolute atomic E-state index is 5.98. The number of halogens is 2. The third kappa shape index (κ3) is 0.993. The standard InChI is InChI=1S/C8H5Cl2N2/c1-5-2-3-6-8(7(5)9)11-4-12(6)10/h2-3H,1H3. The van der Waals surface area contributed by atoms with E-state index in [1.165, 1.54) is 4.09 Å². The zero-order valence-corrected chi connectivity index (χ0v) is 7.82. The molecule has 1 radical (unpaired) electrons. The van der Waals surface area contributed by atoms with E-state index in [2.05, 4.69) is 11.3 Å². The number of fused-ring (bicyclic) bond motifs is 1. The van der Waals surface area contributed by atoms with E-state index in [0.29, 0.717) is 10.5 Å². The zero-order chi connectivity index (χ0) is 8.72. The van der Waals surface area contributed by atoms with Crippen molar-refractivity contribution < 1.29 is 0 Å². The van der Waals surface area contributed by atoms with Crippen molar-refractivity contribution >= 4 is 34.4 Å². The Morgan fingerprint density at radius 2 is 2.25 bits per heavy atom. The van der Waals surface area contributed by atoms with E-state index in [1.54, 1.807) is 0 Å². The highest BCUT2D eigenvalue weighted by molar-refractivity contribution is 6.36. The number of hydrogen-bond acceptors (Lipinski definition) is 1. The first-order valence-electron chi connectivity index (χ1n) is 3.41. The van der Waals surface area contributed by atoms with E-state index in [1.807, 2.05) is 19.1 Å². The summed E-state index contributed by atoms with van der Waals surface area (Å²) in [6.45, 7) is 1.93. The van der Waals surface area contributed by atoms with Crippen molar-refractivity contribution in [3.63, 3.8) is 0 Å². The SMILES string of the molecule is Cc1ccc2c(n[c]n2Cl)c1Cl. The first kappa shape index (κ1) is 7.90. The molecule has 0 unspecified atom stereocenters. The molecule has 0 fully saturated rings. The number of aryl methyl sites for hydroxylation is 1. The quantitative estimate of drug-likeness (QED) is 0.639. The van der Waals surface area contributed by atoms with Crippen LogP contribution in [0, 0.1) is 13.3 Å². The van der Waals surface area contributed by atoms with Crippen molar-refractivity contribution in [3.05, 3.63) is 29.0 Å². The monoisotopic (exact) mass is 199 g/mol. The molecule has 0 saturated heterocycles. The van der Waals surface area contributed by atoms with Crippen molar-refractivity contribution in [2.45, 2.75) is 6.92 Å². The van der Waals surface area contributed by atoms with Crippen molar-refractivity contribution in [1.82, 2.24) is 9.07 Å². The molecule has 0 amide bonds. The fourth-order valence-corrected chi connectivity index (χ4v) is 1.44. The molecule has 4 heteroatoms. The molecule has 1 aromatic heterocycles. The molecule has 0 aliphatic rings.